The Morgan fingerprint density at radius 2 is 1.84 bits per heavy atom. The molecule has 0 saturated heterocycles. The van der Waals surface area contributed by atoms with Crippen molar-refractivity contribution in [1.29, 1.82) is 0 Å². The van der Waals surface area contributed by atoms with Gasteiger partial charge in [0.05, 0.1) is 29.2 Å². The lowest BCUT2D eigenvalue weighted by molar-refractivity contribution is -0.138. The van der Waals surface area contributed by atoms with Crippen molar-refractivity contribution in [2.75, 3.05) is 18.4 Å². The van der Waals surface area contributed by atoms with Gasteiger partial charge in [0.25, 0.3) is 5.91 Å². The summed E-state index contributed by atoms with van der Waals surface area (Å²) in [5.41, 5.74) is -0.556. The maximum atomic E-state index is 13.9. The third-order valence-corrected chi connectivity index (χ3v) is 4.49. The number of anilines is 1. The fraction of sp³-hybridized carbons (Fsp3) is 0.316. The number of nitrogens with zero attached hydrogens (tertiary/aromatic N) is 6. The van der Waals surface area contributed by atoms with E-state index in [9.17, 15) is 22.4 Å². The van der Waals surface area contributed by atoms with Crippen LogP contribution in [0.2, 0.25) is 0 Å². The number of halogens is 4. The van der Waals surface area contributed by atoms with Crippen LogP contribution < -0.4 is 5.32 Å². The van der Waals surface area contributed by atoms with E-state index in [0.29, 0.717) is 24.6 Å². The van der Waals surface area contributed by atoms with E-state index in [1.807, 2.05) is 0 Å². The smallest absolute Gasteiger partial charge is 0.352 e. The molecule has 1 N–H and O–H groups in total. The molecule has 0 radical (unpaired) electrons. The average Bonchev–Trinajstić information content (AvgIpc) is 3.27. The number of hydrogen-bond acceptors (Lipinski definition) is 6. The number of likely N-dealkylation sites (N-methyl/N-ethyl adjacent to an activating group) is 1. The van der Waals surface area contributed by atoms with Gasteiger partial charge in [0, 0.05) is 31.5 Å². The first-order chi connectivity index (χ1) is 14.7. The number of amides is 1. The maximum Gasteiger partial charge on any atom is 0.419 e. The van der Waals surface area contributed by atoms with E-state index in [0.717, 1.165) is 6.07 Å². The minimum absolute atomic E-state index is 0.00413. The zero-order valence-electron chi connectivity index (χ0n) is 16.6. The normalized spacial score (nSPS) is 12.5. The van der Waals surface area contributed by atoms with Gasteiger partial charge in [-0.2, -0.15) is 28.2 Å². The van der Waals surface area contributed by atoms with Crippen LogP contribution in [0, 0.1) is 5.82 Å². The second-order valence-corrected chi connectivity index (χ2v) is 6.59. The van der Waals surface area contributed by atoms with Gasteiger partial charge < -0.3 is 10.2 Å². The molecule has 0 spiro atoms. The Morgan fingerprint density at radius 3 is 2.42 bits per heavy atom. The third-order valence-electron chi connectivity index (χ3n) is 4.49. The summed E-state index contributed by atoms with van der Waals surface area (Å²) in [4.78, 5) is 23.2. The molecule has 0 unspecified atom stereocenters. The van der Waals surface area contributed by atoms with Gasteiger partial charge in [0.15, 0.2) is 0 Å². The van der Waals surface area contributed by atoms with E-state index in [4.69, 9.17) is 0 Å². The molecule has 1 amide bonds. The van der Waals surface area contributed by atoms with Gasteiger partial charge in [-0.05, 0) is 32.0 Å². The second-order valence-electron chi connectivity index (χ2n) is 6.59. The van der Waals surface area contributed by atoms with Crippen molar-refractivity contribution < 1.29 is 22.4 Å². The van der Waals surface area contributed by atoms with Crippen molar-refractivity contribution in [1.82, 2.24) is 29.9 Å². The molecule has 0 aliphatic carbocycles. The number of hydrogen-bond donors (Lipinski definition) is 1. The Hall–Kier alpha value is -3.57. The summed E-state index contributed by atoms with van der Waals surface area (Å²) in [7, 11) is 0. The average molecular weight is 437 g/mol. The van der Waals surface area contributed by atoms with E-state index >= 15 is 0 Å². The van der Waals surface area contributed by atoms with Crippen LogP contribution in [0.25, 0.3) is 5.69 Å². The van der Waals surface area contributed by atoms with Crippen LogP contribution in [0.4, 0.5) is 23.5 Å². The molecular weight excluding hydrogens is 418 g/mol. The van der Waals surface area contributed by atoms with Crippen LogP contribution in [0.15, 0.2) is 43.0 Å². The fourth-order valence-corrected chi connectivity index (χ4v) is 2.92. The molecule has 0 aliphatic heterocycles. The molecule has 3 aromatic rings. The first-order valence-corrected chi connectivity index (χ1v) is 9.31. The van der Waals surface area contributed by atoms with Gasteiger partial charge >= 0.3 is 6.18 Å². The minimum Gasteiger partial charge on any atom is -0.352 e. The van der Waals surface area contributed by atoms with Crippen LogP contribution >= 0.6 is 0 Å². The number of carbonyl (C=O) groups excluding carboxylic acids is 1. The van der Waals surface area contributed by atoms with Crippen LogP contribution in [0.5, 0.6) is 0 Å². The Balaban J connectivity index is 1.74. The first-order valence-electron chi connectivity index (χ1n) is 9.31. The van der Waals surface area contributed by atoms with Gasteiger partial charge in [0.1, 0.15) is 5.82 Å². The summed E-state index contributed by atoms with van der Waals surface area (Å²) in [6.07, 6.45) is -0.293. The lowest BCUT2D eigenvalue weighted by atomic mass is 10.1. The van der Waals surface area contributed by atoms with Crippen molar-refractivity contribution in [3.63, 3.8) is 0 Å². The van der Waals surface area contributed by atoms with E-state index < -0.39 is 29.5 Å². The van der Waals surface area contributed by atoms with Gasteiger partial charge in [-0.3, -0.25) is 4.79 Å². The molecule has 0 saturated carbocycles. The standard InChI is InChI=1S/C19H19F4N7O/c1-3-29(12(2)9-24-18-25-10-13(11-26-18)19(21,22)23)17(31)15-8-14(20)4-5-16(15)30-27-6-7-28-30/h4-8,10-12H,3,9H2,1-2H3,(H,24,25,26)/t12-/m0/s1. The molecule has 0 fully saturated rings. The number of alkyl halides is 3. The van der Waals surface area contributed by atoms with Crippen molar-refractivity contribution in [3.05, 3.63) is 59.9 Å². The van der Waals surface area contributed by atoms with E-state index in [1.165, 1.54) is 34.2 Å². The molecule has 0 bridgehead atoms. The Labute approximate surface area is 174 Å². The first kappa shape index (κ1) is 22.1. The van der Waals surface area contributed by atoms with Crippen LogP contribution in [0.1, 0.15) is 29.8 Å². The largest absolute Gasteiger partial charge is 0.419 e. The molecule has 0 aliphatic rings. The summed E-state index contributed by atoms with van der Waals surface area (Å²) in [5.74, 6) is -1.04. The molecule has 2 aromatic heterocycles. The molecule has 1 aromatic carbocycles. The summed E-state index contributed by atoms with van der Waals surface area (Å²) in [6.45, 7) is 3.96. The quantitative estimate of drug-likeness (QED) is 0.572. The molecular formula is C19H19F4N7O. The highest BCUT2D eigenvalue weighted by Crippen LogP contribution is 2.28. The summed E-state index contributed by atoms with van der Waals surface area (Å²) in [5, 5.41) is 10.8. The number of aromatic nitrogens is 5. The van der Waals surface area contributed by atoms with E-state index in [2.05, 4.69) is 25.5 Å². The van der Waals surface area contributed by atoms with Crippen LogP contribution in [-0.2, 0) is 6.18 Å². The molecule has 31 heavy (non-hydrogen) atoms. The molecule has 164 valence electrons. The third kappa shape index (κ3) is 5.13. The zero-order valence-corrected chi connectivity index (χ0v) is 16.6. The molecule has 3 rings (SSSR count). The van der Waals surface area contributed by atoms with Crippen molar-refractivity contribution in [2.24, 2.45) is 0 Å². The zero-order chi connectivity index (χ0) is 22.6. The minimum atomic E-state index is -4.52. The molecule has 8 nitrogen and oxygen atoms in total. The lowest BCUT2D eigenvalue weighted by Crippen LogP contribution is -2.42. The monoisotopic (exact) mass is 437 g/mol. The highest BCUT2D eigenvalue weighted by Gasteiger charge is 2.31. The van der Waals surface area contributed by atoms with Crippen molar-refractivity contribution in [3.8, 4) is 5.69 Å². The van der Waals surface area contributed by atoms with Crippen LogP contribution in [0.3, 0.4) is 0 Å². The summed E-state index contributed by atoms with van der Waals surface area (Å²) >= 11 is 0. The number of carbonyl (C=O) groups is 1. The Morgan fingerprint density at radius 1 is 1.19 bits per heavy atom. The van der Waals surface area contributed by atoms with Crippen molar-refractivity contribution in [2.45, 2.75) is 26.1 Å². The number of nitrogens with one attached hydrogen (secondary N) is 1. The predicted octanol–water partition coefficient (Wildman–Crippen LogP) is 3.18. The van der Waals surface area contributed by atoms with Gasteiger partial charge in [0.2, 0.25) is 5.95 Å². The maximum absolute atomic E-state index is 13.9. The second kappa shape index (κ2) is 9.06. The van der Waals surface area contributed by atoms with E-state index in [1.54, 1.807) is 13.8 Å². The molecule has 12 heteroatoms. The lowest BCUT2D eigenvalue weighted by Gasteiger charge is -2.29. The Bertz CT molecular complexity index is 1020. The highest BCUT2D eigenvalue weighted by molar-refractivity contribution is 5.98. The topological polar surface area (TPSA) is 88.8 Å². The molecule has 1 atom stereocenters. The van der Waals surface area contributed by atoms with E-state index in [-0.39, 0.29) is 18.1 Å². The van der Waals surface area contributed by atoms with Gasteiger partial charge in [-0.1, -0.05) is 0 Å². The number of rotatable bonds is 7. The number of benzene rings is 1. The highest BCUT2D eigenvalue weighted by atomic mass is 19.4. The van der Waals surface area contributed by atoms with Gasteiger partial charge in [-0.15, -0.1) is 0 Å². The van der Waals surface area contributed by atoms with Gasteiger partial charge in [-0.25, -0.2) is 14.4 Å². The summed E-state index contributed by atoms with van der Waals surface area (Å²) in [6, 6.07) is 3.32. The van der Waals surface area contributed by atoms with Crippen LogP contribution in [-0.4, -0.2) is 54.9 Å². The van der Waals surface area contributed by atoms with Crippen molar-refractivity contribution >= 4 is 11.9 Å². The fourth-order valence-electron chi connectivity index (χ4n) is 2.92. The predicted molar refractivity (Wildman–Crippen MR) is 103 cm³/mol. The SMILES string of the molecule is CCN(C(=O)c1cc(F)ccc1-n1nccn1)[C@@H](C)CNc1ncc(C(F)(F)F)cn1. The summed E-state index contributed by atoms with van der Waals surface area (Å²) < 4.78 is 51.7. The molecule has 2 heterocycles. The Kier molecular flexibility index (Phi) is 6.47.